The third-order valence-corrected chi connectivity index (χ3v) is 6.98. The van der Waals surface area contributed by atoms with Crippen LogP contribution in [-0.2, 0) is 4.79 Å². The number of rotatable bonds is 3. The Morgan fingerprint density at radius 1 is 0.875 bits per heavy atom. The van der Waals surface area contributed by atoms with E-state index in [2.05, 4.69) is 35.6 Å². The molecule has 4 bridgehead atoms. The van der Waals surface area contributed by atoms with Gasteiger partial charge in [-0.25, -0.2) is 0 Å². The molecule has 0 heterocycles. The molecule has 4 fully saturated rings. The lowest BCUT2D eigenvalue weighted by atomic mass is 9.53. The lowest BCUT2D eigenvalue weighted by Gasteiger charge is -2.57. The van der Waals surface area contributed by atoms with Crippen LogP contribution in [0.25, 0.3) is 0 Å². The molecule has 126 valence electrons. The minimum Gasteiger partial charge on any atom is -0.383 e. The Morgan fingerprint density at radius 3 is 2.12 bits per heavy atom. The van der Waals surface area contributed by atoms with E-state index in [1.54, 1.807) is 0 Å². The summed E-state index contributed by atoms with van der Waals surface area (Å²) in [6.45, 7) is 0. The van der Waals surface area contributed by atoms with Crippen LogP contribution in [0.15, 0.2) is 42.1 Å². The lowest BCUT2D eigenvalue weighted by molar-refractivity contribution is -0.115. The van der Waals surface area contributed by atoms with Gasteiger partial charge in [-0.3, -0.25) is 4.79 Å². The van der Waals surface area contributed by atoms with Crippen molar-refractivity contribution in [3.8, 4) is 0 Å². The molecule has 0 amide bonds. The van der Waals surface area contributed by atoms with Gasteiger partial charge in [0, 0.05) is 23.7 Å². The molecule has 1 atom stereocenters. The van der Waals surface area contributed by atoms with Gasteiger partial charge >= 0.3 is 0 Å². The highest BCUT2D eigenvalue weighted by Crippen LogP contribution is 2.56. The van der Waals surface area contributed by atoms with E-state index in [0.717, 1.165) is 24.2 Å². The quantitative estimate of drug-likeness (QED) is 0.883. The first kappa shape index (κ1) is 14.7. The Kier molecular flexibility index (Phi) is 3.36. The van der Waals surface area contributed by atoms with Crippen LogP contribution in [0.3, 0.4) is 0 Å². The van der Waals surface area contributed by atoms with Crippen LogP contribution in [0.4, 0.5) is 0 Å². The van der Waals surface area contributed by atoms with Crippen LogP contribution < -0.4 is 5.32 Å². The average Bonchev–Trinajstić information content (AvgIpc) is 2.53. The lowest BCUT2D eigenvalue weighted by Crippen LogP contribution is -2.58. The molecule has 6 rings (SSSR count). The molecule has 1 N–H and O–H groups in total. The first-order chi connectivity index (χ1) is 11.7. The summed E-state index contributed by atoms with van der Waals surface area (Å²) in [4.78, 5) is 12.3. The molecule has 0 saturated heterocycles. The van der Waals surface area contributed by atoms with Gasteiger partial charge < -0.3 is 5.32 Å². The van der Waals surface area contributed by atoms with Gasteiger partial charge in [0.15, 0.2) is 5.78 Å². The molecular formula is C22H27NO. The zero-order valence-electron chi connectivity index (χ0n) is 14.3. The number of hydrogen-bond donors (Lipinski definition) is 1. The van der Waals surface area contributed by atoms with Crippen LogP contribution in [-0.4, -0.2) is 11.3 Å². The summed E-state index contributed by atoms with van der Waals surface area (Å²) in [6.07, 6.45) is 12.0. The Balaban J connectivity index is 1.36. The average molecular weight is 321 g/mol. The second-order valence-electron chi connectivity index (χ2n) is 8.97. The molecule has 0 radical (unpaired) electrons. The number of carbonyl (C=O) groups excluding carboxylic acids is 1. The molecule has 5 aliphatic rings. The number of nitrogens with one attached hydrogen (secondary N) is 1. The highest BCUT2D eigenvalue weighted by Gasteiger charge is 2.51. The molecule has 2 heteroatoms. The van der Waals surface area contributed by atoms with E-state index in [4.69, 9.17) is 0 Å². The summed E-state index contributed by atoms with van der Waals surface area (Å²) in [7, 11) is 0. The number of hydrogen-bond acceptors (Lipinski definition) is 2. The normalized spacial score (nSPS) is 40.5. The summed E-state index contributed by atoms with van der Waals surface area (Å²) < 4.78 is 0. The summed E-state index contributed by atoms with van der Waals surface area (Å²) in [5.41, 5.74) is 2.82. The maximum Gasteiger partial charge on any atom is 0.158 e. The summed E-state index contributed by atoms with van der Waals surface area (Å²) in [6, 6.07) is 10.6. The fourth-order valence-corrected chi connectivity index (χ4v) is 6.55. The van der Waals surface area contributed by atoms with Gasteiger partial charge in [-0.15, -0.1) is 0 Å². The molecule has 2 nitrogen and oxygen atoms in total. The highest BCUT2D eigenvalue weighted by molar-refractivity contribution is 5.92. The minimum absolute atomic E-state index is 0.294. The van der Waals surface area contributed by atoms with Crippen molar-refractivity contribution in [1.29, 1.82) is 0 Å². The van der Waals surface area contributed by atoms with Crippen LogP contribution in [0.1, 0.15) is 62.8 Å². The maximum atomic E-state index is 12.3. The molecule has 1 aromatic carbocycles. The van der Waals surface area contributed by atoms with Crippen molar-refractivity contribution < 1.29 is 4.79 Å². The van der Waals surface area contributed by atoms with Crippen molar-refractivity contribution >= 4 is 5.78 Å². The van der Waals surface area contributed by atoms with Crippen molar-refractivity contribution in [3.05, 3.63) is 47.7 Å². The maximum absolute atomic E-state index is 12.3. The molecule has 4 saturated carbocycles. The van der Waals surface area contributed by atoms with Crippen LogP contribution in [0.5, 0.6) is 0 Å². The van der Waals surface area contributed by atoms with Gasteiger partial charge in [-0.05, 0) is 74.2 Å². The fourth-order valence-electron chi connectivity index (χ4n) is 6.55. The van der Waals surface area contributed by atoms with Crippen LogP contribution >= 0.6 is 0 Å². The third-order valence-electron chi connectivity index (χ3n) is 6.98. The SMILES string of the molecule is O=C1C=C(NC23CC4C[C@H](C2)C[C@@H](C4)C3)CC(c2ccccc2)C1. The summed E-state index contributed by atoms with van der Waals surface area (Å²) in [5, 5.41) is 3.93. The van der Waals surface area contributed by atoms with Crippen molar-refractivity contribution in [2.45, 2.75) is 62.8 Å². The second kappa shape index (κ2) is 5.47. The topological polar surface area (TPSA) is 29.1 Å². The van der Waals surface area contributed by atoms with Crippen molar-refractivity contribution in [3.63, 3.8) is 0 Å². The molecule has 1 unspecified atom stereocenters. The zero-order chi connectivity index (χ0) is 16.1. The first-order valence-electron chi connectivity index (χ1n) is 9.74. The van der Waals surface area contributed by atoms with Gasteiger partial charge in [0.1, 0.15) is 0 Å². The third kappa shape index (κ3) is 2.60. The van der Waals surface area contributed by atoms with E-state index in [9.17, 15) is 4.79 Å². The van der Waals surface area contributed by atoms with Crippen LogP contribution in [0, 0.1) is 17.8 Å². The molecule has 5 aliphatic carbocycles. The van der Waals surface area contributed by atoms with Crippen molar-refractivity contribution in [1.82, 2.24) is 5.32 Å². The number of ketones is 1. The largest absolute Gasteiger partial charge is 0.383 e. The van der Waals surface area contributed by atoms with E-state index in [1.807, 2.05) is 6.08 Å². The number of carbonyl (C=O) groups is 1. The van der Waals surface area contributed by atoms with Gasteiger partial charge in [0.05, 0.1) is 0 Å². The molecule has 0 aromatic heterocycles. The van der Waals surface area contributed by atoms with E-state index in [-0.39, 0.29) is 0 Å². The predicted molar refractivity (Wildman–Crippen MR) is 95.5 cm³/mol. The van der Waals surface area contributed by atoms with Crippen molar-refractivity contribution in [2.75, 3.05) is 0 Å². The van der Waals surface area contributed by atoms with Gasteiger partial charge in [0.2, 0.25) is 0 Å². The Labute approximate surface area is 144 Å². The van der Waals surface area contributed by atoms with E-state index in [1.165, 1.54) is 49.8 Å². The van der Waals surface area contributed by atoms with E-state index >= 15 is 0 Å². The number of allylic oxidation sites excluding steroid dienone is 2. The van der Waals surface area contributed by atoms with Gasteiger partial charge in [0.25, 0.3) is 0 Å². The predicted octanol–water partition coefficient (Wildman–Crippen LogP) is 4.58. The first-order valence-corrected chi connectivity index (χ1v) is 9.74. The zero-order valence-corrected chi connectivity index (χ0v) is 14.3. The van der Waals surface area contributed by atoms with Gasteiger partial charge in [-0.1, -0.05) is 30.3 Å². The summed E-state index contributed by atoms with van der Waals surface area (Å²) >= 11 is 0. The summed E-state index contributed by atoms with van der Waals surface area (Å²) in [5.74, 6) is 3.46. The molecule has 0 spiro atoms. The van der Waals surface area contributed by atoms with Crippen LogP contribution in [0.2, 0.25) is 0 Å². The van der Waals surface area contributed by atoms with E-state index in [0.29, 0.717) is 23.7 Å². The smallest absolute Gasteiger partial charge is 0.158 e. The number of benzene rings is 1. The molecule has 1 aromatic rings. The van der Waals surface area contributed by atoms with Crippen molar-refractivity contribution in [2.24, 2.45) is 17.8 Å². The fraction of sp³-hybridized carbons (Fsp3) is 0.591. The Hall–Kier alpha value is -1.57. The monoisotopic (exact) mass is 321 g/mol. The van der Waals surface area contributed by atoms with E-state index < -0.39 is 0 Å². The Morgan fingerprint density at radius 2 is 1.50 bits per heavy atom. The highest BCUT2D eigenvalue weighted by atomic mass is 16.1. The molecule has 0 aliphatic heterocycles. The molecular weight excluding hydrogens is 294 g/mol. The van der Waals surface area contributed by atoms with Gasteiger partial charge in [-0.2, -0.15) is 0 Å². The second-order valence-corrected chi connectivity index (χ2v) is 8.97. The minimum atomic E-state index is 0.294. The Bertz CT molecular complexity index is 639. The molecule has 24 heavy (non-hydrogen) atoms. The standard InChI is InChI=1S/C22H27NO/c24-21-10-19(18-4-2-1-3-5-18)9-20(11-21)23-22-12-15-6-16(13-22)8-17(7-15)14-22/h1-5,11,15-17,19,23H,6-10,12-14H2/t15-,16+,17?,19?,22?.